The van der Waals surface area contributed by atoms with Crippen molar-refractivity contribution in [3.8, 4) is 16.9 Å². The first-order valence-electron chi connectivity index (χ1n) is 5.71. The lowest BCUT2D eigenvalue weighted by Crippen LogP contribution is -2.16. The zero-order valence-corrected chi connectivity index (χ0v) is 11.0. The highest BCUT2D eigenvalue weighted by molar-refractivity contribution is 5.96. The second kappa shape index (κ2) is 5.52. The molecule has 2 heterocycles. The Labute approximate surface area is 114 Å². The molecule has 0 saturated carbocycles. The van der Waals surface area contributed by atoms with E-state index in [9.17, 15) is 4.39 Å². The van der Waals surface area contributed by atoms with Gasteiger partial charge in [0.05, 0.1) is 19.0 Å². The summed E-state index contributed by atoms with van der Waals surface area (Å²) in [6.07, 6.45) is 2.60. The van der Waals surface area contributed by atoms with E-state index in [0.717, 1.165) is 6.20 Å². The van der Waals surface area contributed by atoms with Crippen LogP contribution in [0.1, 0.15) is 11.4 Å². The van der Waals surface area contributed by atoms with E-state index in [1.54, 1.807) is 13.0 Å². The molecule has 0 amide bonds. The van der Waals surface area contributed by atoms with E-state index in [4.69, 9.17) is 15.7 Å². The number of aromatic nitrogens is 2. The quantitative estimate of drug-likeness (QED) is 0.385. The van der Waals surface area contributed by atoms with Crippen molar-refractivity contribution < 1.29 is 14.3 Å². The third kappa shape index (κ3) is 2.51. The average Bonchev–Trinajstić information content (AvgIpc) is 2.45. The topological polar surface area (TPSA) is 93.6 Å². The smallest absolute Gasteiger partial charge is 0.188 e. The SMILES string of the molecule is COc1c(-c2cncc(F)c2)cc(/C(N)=N/O)nc1C. The van der Waals surface area contributed by atoms with Gasteiger partial charge in [-0.05, 0) is 19.1 Å². The van der Waals surface area contributed by atoms with Crippen LogP contribution in [-0.4, -0.2) is 28.1 Å². The number of hydrogen-bond acceptors (Lipinski definition) is 5. The van der Waals surface area contributed by atoms with Gasteiger partial charge < -0.3 is 15.7 Å². The molecular weight excluding hydrogens is 263 g/mol. The zero-order valence-electron chi connectivity index (χ0n) is 11.0. The van der Waals surface area contributed by atoms with E-state index < -0.39 is 5.82 Å². The maximum atomic E-state index is 13.3. The predicted octanol–water partition coefficient (Wildman–Crippen LogP) is 1.69. The molecule has 0 fully saturated rings. The van der Waals surface area contributed by atoms with Gasteiger partial charge in [-0.15, -0.1) is 0 Å². The highest BCUT2D eigenvalue weighted by atomic mass is 19.1. The van der Waals surface area contributed by atoms with Crippen LogP contribution < -0.4 is 10.5 Å². The van der Waals surface area contributed by atoms with Gasteiger partial charge in [-0.25, -0.2) is 9.37 Å². The standard InChI is InChI=1S/C13H13FN4O2/c1-7-12(20-2)10(4-11(17-7)13(15)18-19)8-3-9(14)6-16-5-8/h3-6,19H,1-2H3,(H2,15,18). The number of methoxy groups -OCH3 is 1. The second-order valence-electron chi connectivity index (χ2n) is 4.05. The molecule has 0 bridgehead atoms. The fraction of sp³-hybridized carbons (Fsp3) is 0.154. The summed E-state index contributed by atoms with van der Waals surface area (Å²) in [7, 11) is 1.49. The Hall–Kier alpha value is -2.70. The first kappa shape index (κ1) is 13.7. The molecule has 0 aromatic carbocycles. The van der Waals surface area contributed by atoms with Gasteiger partial charge in [-0.2, -0.15) is 0 Å². The fourth-order valence-corrected chi connectivity index (χ4v) is 1.87. The third-order valence-electron chi connectivity index (χ3n) is 2.73. The van der Waals surface area contributed by atoms with E-state index >= 15 is 0 Å². The number of aryl methyl sites for hydroxylation is 1. The first-order valence-corrected chi connectivity index (χ1v) is 5.71. The number of nitrogens with zero attached hydrogens (tertiary/aromatic N) is 3. The van der Waals surface area contributed by atoms with Crippen LogP contribution in [0.15, 0.2) is 29.7 Å². The van der Waals surface area contributed by atoms with Crippen molar-refractivity contribution in [3.63, 3.8) is 0 Å². The van der Waals surface area contributed by atoms with Crippen molar-refractivity contribution in [2.24, 2.45) is 10.9 Å². The van der Waals surface area contributed by atoms with Crippen LogP contribution in [0.2, 0.25) is 0 Å². The number of hydrogen-bond donors (Lipinski definition) is 2. The van der Waals surface area contributed by atoms with Crippen LogP contribution in [0.5, 0.6) is 5.75 Å². The summed E-state index contributed by atoms with van der Waals surface area (Å²) in [5, 5.41) is 11.6. The molecule has 0 spiro atoms. The molecule has 0 unspecified atom stereocenters. The van der Waals surface area contributed by atoms with Gasteiger partial charge in [0, 0.05) is 17.3 Å². The lowest BCUT2D eigenvalue weighted by atomic mass is 10.0. The number of halogens is 1. The minimum Gasteiger partial charge on any atom is -0.494 e. The number of oxime groups is 1. The number of ether oxygens (including phenoxy) is 1. The van der Waals surface area contributed by atoms with E-state index in [0.29, 0.717) is 22.6 Å². The fourth-order valence-electron chi connectivity index (χ4n) is 1.87. The van der Waals surface area contributed by atoms with Crippen molar-refractivity contribution in [2.75, 3.05) is 7.11 Å². The summed E-state index contributed by atoms with van der Waals surface area (Å²) in [6.45, 7) is 1.71. The minimum atomic E-state index is -0.468. The lowest BCUT2D eigenvalue weighted by molar-refractivity contribution is 0.318. The molecule has 2 rings (SSSR count). The minimum absolute atomic E-state index is 0.138. The molecule has 104 valence electrons. The third-order valence-corrected chi connectivity index (χ3v) is 2.73. The number of amidine groups is 1. The maximum absolute atomic E-state index is 13.3. The van der Waals surface area contributed by atoms with Gasteiger partial charge in [0.2, 0.25) is 0 Å². The maximum Gasteiger partial charge on any atom is 0.188 e. The van der Waals surface area contributed by atoms with Gasteiger partial charge in [-0.1, -0.05) is 5.16 Å². The molecule has 0 aliphatic carbocycles. The summed E-state index contributed by atoms with van der Waals surface area (Å²) >= 11 is 0. The van der Waals surface area contributed by atoms with Crippen LogP contribution in [-0.2, 0) is 0 Å². The summed E-state index contributed by atoms with van der Waals surface area (Å²) in [5.74, 6) is -0.127. The van der Waals surface area contributed by atoms with Gasteiger partial charge >= 0.3 is 0 Å². The Bertz CT molecular complexity index is 673. The van der Waals surface area contributed by atoms with E-state index in [-0.39, 0.29) is 11.5 Å². The van der Waals surface area contributed by atoms with Crippen molar-refractivity contribution in [1.29, 1.82) is 0 Å². The second-order valence-corrected chi connectivity index (χ2v) is 4.05. The molecule has 0 radical (unpaired) electrons. The molecule has 0 saturated heterocycles. The molecule has 7 heteroatoms. The Balaban J connectivity index is 2.69. The highest BCUT2D eigenvalue weighted by Gasteiger charge is 2.15. The van der Waals surface area contributed by atoms with Gasteiger partial charge in [0.1, 0.15) is 17.3 Å². The number of nitrogens with two attached hydrogens (primary N) is 1. The Morgan fingerprint density at radius 2 is 2.15 bits per heavy atom. The Morgan fingerprint density at radius 3 is 2.75 bits per heavy atom. The molecule has 0 atom stereocenters. The molecule has 2 aromatic rings. The van der Waals surface area contributed by atoms with Crippen LogP contribution in [0.25, 0.3) is 11.1 Å². The van der Waals surface area contributed by atoms with Gasteiger partial charge in [0.25, 0.3) is 0 Å². The molecule has 6 nitrogen and oxygen atoms in total. The summed E-state index contributed by atoms with van der Waals surface area (Å²) in [6, 6.07) is 2.87. The molecule has 3 N–H and O–H groups in total. The van der Waals surface area contributed by atoms with Crippen LogP contribution >= 0.6 is 0 Å². The molecular formula is C13H13FN4O2. The number of pyridine rings is 2. The monoisotopic (exact) mass is 276 g/mol. The van der Waals surface area contributed by atoms with Gasteiger partial charge in [0.15, 0.2) is 5.84 Å². The molecule has 0 aliphatic rings. The van der Waals surface area contributed by atoms with Gasteiger partial charge in [-0.3, -0.25) is 4.98 Å². The van der Waals surface area contributed by atoms with Crippen LogP contribution in [0.4, 0.5) is 4.39 Å². The normalized spacial score (nSPS) is 11.4. The van der Waals surface area contributed by atoms with Crippen molar-refractivity contribution in [2.45, 2.75) is 6.92 Å². The number of rotatable bonds is 3. The first-order chi connectivity index (χ1) is 9.56. The average molecular weight is 276 g/mol. The van der Waals surface area contributed by atoms with Crippen LogP contribution in [0, 0.1) is 12.7 Å². The van der Waals surface area contributed by atoms with Crippen molar-refractivity contribution >= 4 is 5.84 Å². The summed E-state index contributed by atoms with van der Waals surface area (Å²) in [5.41, 5.74) is 7.42. The summed E-state index contributed by atoms with van der Waals surface area (Å²) in [4.78, 5) is 7.97. The lowest BCUT2D eigenvalue weighted by Gasteiger charge is -2.12. The van der Waals surface area contributed by atoms with E-state index in [1.807, 2.05) is 0 Å². The van der Waals surface area contributed by atoms with E-state index in [1.165, 1.54) is 19.4 Å². The summed E-state index contributed by atoms with van der Waals surface area (Å²) < 4.78 is 18.6. The predicted molar refractivity (Wildman–Crippen MR) is 71.2 cm³/mol. The van der Waals surface area contributed by atoms with E-state index in [2.05, 4.69) is 15.1 Å². The highest BCUT2D eigenvalue weighted by Crippen LogP contribution is 2.32. The van der Waals surface area contributed by atoms with Crippen molar-refractivity contribution in [1.82, 2.24) is 9.97 Å². The largest absolute Gasteiger partial charge is 0.494 e. The molecule has 0 aliphatic heterocycles. The van der Waals surface area contributed by atoms with Crippen molar-refractivity contribution in [3.05, 3.63) is 41.7 Å². The van der Waals surface area contributed by atoms with Crippen LogP contribution in [0.3, 0.4) is 0 Å². The molecule has 2 aromatic heterocycles. The zero-order chi connectivity index (χ0) is 14.7. The Morgan fingerprint density at radius 1 is 1.40 bits per heavy atom. The molecule has 20 heavy (non-hydrogen) atoms. The Kier molecular flexibility index (Phi) is 3.79.